The number of halogens is 2. The Balaban J connectivity index is 1.64. The van der Waals surface area contributed by atoms with Gasteiger partial charge in [-0.15, -0.1) is 0 Å². The number of nitrogens with zero attached hydrogens (tertiary/aromatic N) is 1. The number of nitrogens with one attached hydrogen (secondary N) is 1. The van der Waals surface area contributed by atoms with Crippen LogP contribution in [0.4, 0.5) is 13.6 Å². The van der Waals surface area contributed by atoms with Crippen molar-refractivity contribution in [3.63, 3.8) is 0 Å². The van der Waals surface area contributed by atoms with Crippen LogP contribution in [0.5, 0.6) is 11.5 Å². The summed E-state index contributed by atoms with van der Waals surface area (Å²) in [6.45, 7) is 2.17. The molecule has 0 aliphatic carbocycles. The Morgan fingerprint density at radius 3 is 2.50 bits per heavy atom. The van der Waals surface area contributed by atoms with Crippen LogP contribution in [0.15, 0.2) is 41.3 Å². The summed E-state index contributed by atoms with van der Waals surface area (Å²) in [6, 6.07) is 7.59. The molecule has 1 saturated heterocycles. The van der Waals surface area contributed by atoms with Crippen molar-refractivity contribution in [1.82, 2.24) is 10.2 Å². The van der Waals surface area contributed by atoms with E-state index in [2.05, 4.69) is 5.32 Å². The number of hydrogen-bond donors (Lipinski definition) is 1. The second-order valence-electron chi connectivity index (χ2n) is 6.59. The van der Waals surface area contributed by atoms with Crippen LogP contribution in [0.2, 0.25) is 0 Å². The number of imide groups is 1. The Hall–Kier alpha value is -3.40. The van der Waals surface area contributed by atoms with Crippen molar-refractivity contribution < 1.29 is 32.6 Å². The van der Waals surface area contributed by atoms with Crippen LogP contribution in [0, 0.1) is 11.6 Å². The van der Waals surface area contributed by atoms with Crippen LogP contribution in [0.1, 0.15) is 22.8 Å². The molecule has 0 bridgehead atoms. The molecule has 1 heterocycles. The predicted molar refractivity (Wildman–Crippen MR) is 116 cm³/mol. The second kappa shape index (κ2) is 10.3. The van der Waals surface area contributed by atoms with E-state index in [9.17, 15) is 23.2 Å². The van der Waals surface area contributed by atoms with Gasteiger partial charge in [0, 0.05) is 24.7 Å². The highest BCUT2D eigenvalue weighted by atomic mass is 32.2. The lowest BCUT2D eigenvalue weighted by atomic mass is 10.2. The average molecular weight is 462 g/mol. The van der Waals surface area contributed by atoms with Gasteiger partial charge in [0.05, 0.1) is 18.6 Å². The lowest BCUT2D eigenvalue weighted by molar-refractivity contribution is -0.122. The van der Waals surface area contributed by atoms with Crippen molar-refractivity contribution in [1.29, 1.82) is 0 Å². The van der Waals surface area contributed by atoms with Gasteiger partial charge >= 0.3 is 0 Å². The molecule has 0 radical (unpaired) electrons. The van der Waals surface area contributed by atoms with Crippen LogP contribution in [0.3, 0.4) is 0 Å². The van der Waals surface area contributed by atoms with E-state index in [1.54, 1.807) is 24.3 Å². The molecule has 0 unspecified atom stereocenters. The van der Waals surface area contributed by atoms with Gasteiger partial charge in [0.2, 0.25) is 0 Å². The van der Waals surface area contributed by atoms with Gasteiger partial charge in [-0.1, -0.05) is 6.07 Å². The fourth-order valence-electron chi connectivity index (χ4n) is 2.96. The number of carbonyl (C=O) groups is 3. The number of carbonyl (C=O) groups excluding carboxylic acids is 3. The standard InChI is InChI=1S/C22H20F2N2O5S/c1-3-31-17-5-4-13(8-18(17)30-2)9-19-21(28)26(22(29)32-19)7-6-25-20(27)14-10-15(23)12-16(24)11-14/h4-5,8-12H,3,6-7H2,1-2H3,(H,25,27). The van der Waals surface area contributed by atoms with Crippen molar-refractivity contribution in [2.45, 2.75) is 6.92 Å². The van der Waals surface area contributed by atoms with E-state index in [1.165, 1.54) is 7.11 Å². The first kappa shape index (κ1) is 23.3. The van der Waals surface area contributed by atoms with E-state index in [1.807, 2.05) is 6.92 Å². The zero-order chi connectivity index (χ0) is 23.3. The molecule has 168 valence electrons. The summed E-state index contributed by atoms with van der Waals surface area (Å²) in [6.07, 6.45) is 1.57. The summed E-state index contributed by atoms with van der Waals surface area (Å²) >= 11 is 0.778. The predicted octanol–water partition coefficient (Wildman–Crippen LogP) is 3.84. The largest absolute Gasteiger partial charge is 0.493 e. The molecule has 0 spiro atoms. The normalized spacial score (nSPS) is 14.8. The maximum absolute atomic E-state index is 13.2. The summed E-state index contributed by atoms with van der Waals surface area (Å²) < 4.78 is 37.2. The molecule has 0 saturated carbocycles. The maximum atomic E-state index is 13.2. The van der Waals surface area contributed by atoms with Gasteiger partial charge < -0.3 is 14.8 Å². The summed E-state index contributed by atoms with van der Waals surface area (Å²) in [5.74, 6) is -1.91. The maximum Gasteiger partial charge on any atom is 0.293 e. The van der Waals surface area contributed by atoms with Gasteiger partial charge in [0.15, 0.2) is 11.5 Å². The lowest BCUT2D eigenvalue weighted by Gasteiger charge is -2.13. The van der Waals surface area contributed by atoms with E-state index in [0.717, 1.165) is 28.8 Å². The molecule has 2 aromatic rings. The third-order valence-electron chi connectivity index (χ3n) is 4.40. The Labute approximate surface area is 187 Å². The van der Waals surface area contributed by atoms with Crippen molar-refractivity contribution in [3.05, 3.63) is 64.1 Å². The van der Waals surface area contributed by atoms with Crippen LogP contribution in [-0.4, -0.2) is 48.8 Å². The van der Waals surface area contributed by atoms with Crippen LogP contribution in [-0.2, 0) is 4.79 Å². The van der Waals surface area contributed by atoms with E-state index >= 15 is 0 Å². The first-order valence-electron chi connectivity index (χ1n) is 9.63. The first-order chi connectivity index (χ1) is 15.3. The molecule has 1 N–H and O–H groups in total. The molecule has 10 heteroatoms. The zero-order valence-corrected chi connectivity index (χ0v) is 18.1. The third-order valence-corrected chi connectivity index (χ3v) is 5.31. The Bertz CT molecular complexity index is 1070. The first-order valence-corrected chi connectivity index (χ1v) is 10.4. The molecule has 2 aromatic carbocycles. The van der Waals surface area contributed by atoms with Crippen molar-refractivity contribution in [2.24, 2.45) is 0 Å². The van der Waals surface area contributed by atoms with Gasteiger partial charge in [-0.3, -0.25) is 19.3 Å². The highest BCUT2D eigenvalue weighted by molar-refractivity contribution is 8.18. The van der Waals surface area contributed by atoms with E-state index < -0.39 is 28.7 Å². The molecule has 3 rings (SSSR count). The van der Waals surface area contributed by atoms with E-state index in [4.69, 9.17) is 9.47 Å². The van der Waals surface area contributed by atoms with Gasteiger partial charge in [0.25, 0.3) is 17.1 Å². The topological polar surface area (TPSA) is 84.9 Å². The van der Waals surface area contributed by atoms with Crippen molar-refractivity contribution in [2.75, 3.05) is 26.8 Å². The lowest BCUT2D eigenvalue weighted by Crippen LogP contribution is -2.37. The summed E-state index contributed by atoms with van der Waals surface area (Å²) in [5, 5.41) is 1.96. The zero-order valence-electron chi connectivity index (χ0n) is 17.3. The Morgan fingerprint density at radius 2 is 1.84 bits per heavy atom. The van der Waals surface area contributed by atoms with E-state index in [-0.39, 0.29) is 23.6 Å². The number of benzene rings is 2. The monoisotopic (exact) mass is 462 g/mol. The highest BCUT2D eigenvalue weighted by Crippen LogP contribution is 2.34. The van der Waals surface area contributed by atoms with E-state index in [0.29, 0.717) is 29.7 Å². The molecular weight excluding hydrogens is 442 g/mol. The SMILES string of the molecule is CCOc1ccc(C=C2SC(=O)N(CCNC(=O)c3cc(F)cc(F)c3)C2=O)cc1OC. The minimum Gasteiger partial charge on any atom is -0.493 e. The number of methoxy groups -OCH3 is 1. The third kappa shape index (κ3) is 5.44. The summed E-state index contributed by atoms with van der Waals surface area (Å²) in [5.41, 5.74) is 0.457. The van der Waals surface area contributed by atoms with Crippen LogP contribution >= 0.6 is 11.8 Å². The smallest absolute Gasteiger partial charge is 0.293 e. The molecule has 32 heavy (non-hydrogen) atoms. The fraction of sp³-hybridized carbons (Fsp3) is 0.227. The number of ether oxygens (including phenoxy) is 2. The van der Waals surface area contributed by atoms with Gasteiger partial charge in [-0.25, -0.2) is 8.78 Å². The molecule has 0 atom stereocenters. The average Bonchev–Trinajstić information content (AvgIpc) is 3.01. The molecular formula is C22H20F2N2O5S. The summed E-state index contributed by atoms with van der Waals surface area (Å²) in [7, 11) is 1.50. The Morgan fingerprint density at radius 1 is 1.12 bits per heavy atom. The molecule has 1 aliphatic rings. The minimum atomic E-state index is -0.878. The number of amides is 3. The fourth-order valence-corrected chi connectivity index (χ4v) is 3.83. The van der Waals surface area contributed by atoms with Crippen LogP contribution < -0.4 is 14.8 Å². The molecule has 1 fully saturated rings. The second-order valence-corrected chi connectivity index (χ2v) is 7.58. The number of rotatable bonds is 8. The van der Waals surface area contributed by atoms with Crippen molar-refractivity contribution in [3.8, 4) is 11.5 Å². The number of thioether (sulfide) groups is 1. The quantitative estimate of drug-likeness (QED) is 0.600. The highest BCUT2D eigenvalue weighted by Gasteiger charge is 2.34. The number of hydrogen-bond acceptors (Lipinski definition) is 6. The summed E-state index contributed by atoms with van der Waals surface area (Å²) in [4.78, 5) is 38.2. The van der Waals surface area contributed by atoms with Gasteiger partial charge in [-0.2, -0.15) is 0 Å². The molecule has 1 aliphatic heterocycles. The molecule has 3 amide bonds. The Kier molecular flexibility index (Phi) is 7.47. The van der Waals surface area contributed by atoms with Crippen molar-refractivity contribution >= 4 is 34.9 Å². The minimum absolute atomic E-state index is 0.0703. The van der Waals surface area contributed by atoms with Crippen LogP contribution in [0.25, 0.3) is 6.08 Å². The van der Waals surface area contributed by atoms with Gasteiger partial charge in [-0.05, 0) is 54.6 Å². The van der Waals surface area contributed by atoms with Gasteiger partial charge in [0.1, 0.15) is 11.6 Å². The molecule has 0 aromatic heterocycles. The molecule has 7 nitrogen and oxygen atoms in total.